The first-order chi connectivity index (χ1) is 9.99. The topological polar surface area (TPSA) is 18.5 Å². The van der Waals surface area contributed by atoms with Gasteiger partial charge in [-0.1, -0.05) is 30.3 Å². The van der Waals surface area contributed by atoms with Crippen molar-refractivity contribution in [3.63, 3.8) is 0 Å². The summed E-state index contributed by atoms with van der Waals surface area (Å²) in [6, 6.07) is 10.3. The molecule has 1 aromatic rings. The van der Waals surface area contributed by atoms with E-state index in [9.17, 15) is 13.2 Å². The molecule has 1 aromatic carbocycles. The van der Waals surface area contributed by atoms with Gasteiger partial charge in [-0.15, -0.1) is 0 Å². The molecule has 1 heterocycles. The Morgan fingerprint density at radius 3 is 2.24 bits per heavy atom. The molecule has 0 spiro atoms. The van der Waals surface area contributed by atoms with Gasteiger partial charge in [0.2, 0.25) is 0 Å². The van der Waals surface area contributed by atoms with Gasteiger partial charge in [0.15, 0.2) is 0 Å². The molecule has 0 aliphatic carbocycles. The molecule has 1 aliphatic rings. The van der Waals surface area contributed by atoms with E-state index in [1.165, 1.54) is 10.5 Å². The Kier molecular flexibility index (Phi) is 5.61. The fourth-order valence-electron chi connectivity index (χ4n) is 2.81. The van der Waals surface area contributed by atoms with Crippen LogP contribution in [-0.4, -0.2) is 62.3 Å². The lowest BCUT2D eigenvalue weighted by Crippen LogP contribution is -2.51. The quantitative estimate of drug-likeness (QED) is 0.899. The average Bonchev–Trinajstić information content (AvgIpc) is 2.45. The zero-order valence-electron chi connectivity index (χ0n) is 12.2. The maximum Gasteiger partial charge on any atom is 0.401 e. The Morgan fingerprint density at radius 1 is 1.10 bits per heavy atom. The molecule has 1 unspecified atom stereocenters. The van der Waals surface area contributed by atoms with Crippen LogP contribution in [0.5, 0.6) is 0 Å². The Labute approximate surface area is 123 Å². The monoisotopic (exact) mass is 301 g/mol. The van der Waals surface area contributed by atoms with E-state index in [2.05, 4.69) is 22.3 Å². The molecule has 0 saturated carbocycles. The summed E-state index contributed by atoms with van der Waals surface area (Å²) in [6.07, 6.45) is -4.11. The lowest BCUT2D eigenvalue weighted by atomic mass is 10.0. The number of likely N-dealkylation sites (N-methyl/N-ethyl adjacent to an activating group) is 1. The highest BCUT2D eigenvalue weighted by molar-refractivity contribution is 5.19. The van der Waals surface area contributed by atoms with E-state index >= 15 is 0 Å². The minimum Gasteiger partial charge on any atom is -0.318 e. The third kappa shape index (κ3) is 4.98. The molecule has 0 bridgehead atoms. The van der Waals surface area contributed by atoms with E-state index in [0.717, 1.165) is 6.54 Å². The lowest BCUT2D eigenvalue weighted by Gasteiger charge is -2.39. The summed E-state index contributed by atoms with van der Waals surface area (Å²) in [4.78, 5) is 3.75. The Balaban J connectivity index is 1.95. The number of nitrogens with zero attached hydrogens (tertiary/aromatic N) is 2. The number of hydrogen-bond acceptors (Lipinski definition) is 3. The van der Waals surface area contributed by atoms with Crippen LogP contribution in [0.15, 0.2) is 30.3 Å². The van der Waals surface area contributed by atoms with Crippen LogP contribution >= 0.6 is 0 Å². The SMILES string of the molecule is CNCC(c1ccccc1)N1CCN(CC(F)(F)F)CC1. The first-order valence-corrected chi connectivity index (χ1v) is 7.22. The number of halogens is 3. The lowest BCUT2D eigenvalue weighted by molar-refractivity contribution is -0.149. The molecular weight excluding hydrogens is 279 g/mol. The zero-order valence-corrected chi connectivity index (χ0v) is 12.2. The van der Waals surface area contributed by atoms with Crippen LogP contribution in [0.2, 0.25) is 0 Å². The van der Waals surface area contributed by atoms with Crippen LogP contribution in [0, 0.1) is 0 Å². The summed E-state index contributed by atoms with van der Waals surface area (Å²) in [5.74, 6) is 0. The molecule has 0 radical (unpaired) electrons. The summed E-state index contributed by atoms with van der Waals surface area (Å²) in [6.45, 7) is 2.25. The van der Waals surface area contributed by atoms with Crippen molar-refractivity contribution in [3.05, 3.63) is 35.9 Å². The fourth-order valence-corrected chi connectivity index (χ4v) is 2.81. The van der Waals surface area contributed by atoms with Gasteiger partial charge in [-0.05, 0) is 12.6 Å². The van der Waals surface area contributed by atoms with Crippen molar-refractivity contribution < 1.29 is 13.2 Å². The van der Waals surface area contributed by atoms with Crippen molar-refractivity contribution in [1.29, 1.82) is 0 Å². The van der Waals surface area contributed by atoms with Crippen molar-refractivity contribution >= 4 is 0 Å². The van der Waals surface area contributed by atoms with Crippen LogP contribution in [0.25, 0.3) is 0 Å². The standard InChI is InChI=1S/C15H22F3N3/c1-19-11-14(13-5-3-2-4-6-13)21-9-7-20(8-10-21)12-15(16,17)18/h2-6,14,19H,7-12H2,1H3. The summed E-state index contributed by atoms with van der Waals surface area (Å²) in [7, 11) is 1.90. The van der Waals surface area contributed by atoms with Crippen molar-refractivity contribution in [2.45, 2.75) is 12.2 Å². The van der Waals surface area contributed by atoms with Crippen LogP contribution in [0.4, 0.5) is 13.2 Å². The number of rotatable bonds is 5. The first kappa shape index (κ1) is 16.3. The Hall–Kier alpha value is -1.11. The van der Waals surface area contributed by atoms with Gasteiger partial charge in [-0.25, -0.2) is 0 Å². The number of benzene rings is 1. The molecule has 0 aromatic heterocycles. The predicted octanol–water partition coefficient (Wildman–Crippen LogP) is 2.13. The maximum atomic E-state index is 12.4. The van der Waals surface area contributed by atoms with Crippen molar-refractivity contribution in [1.82, 2.24) is 15.1 Å². The number of nitrogens with one attached hydrogen (secondary N) is 1. The summed E-state index contributed by atoms with van der Waals surface area (Å²) >= 11 is 0. The van der Waals surface area contributed by atoms with Gasteiger partial charge in [-0.3, -0.25) is 9.80 Å². The predicted molar refractivity (Wildman–Crippen MR) is 77.2 cm³/mol. The Morgan fingerprint density at radius 2 is 1.71 bits per heavy atom. The molecule has 21 heavy (non-hydrogen) atoms. The third-order valence-electron chi connectivity index (χ3n) is 3.83. The van der Waals surface area contributed by atoms with E-state index in [-0.39, 0.29) is 6.04 Å². The third-order valence-corrected chi connectivity index (χ3v) is 3.83. The molecule has 1 atom stereocenters. The highest BCUT2D eigenvalue weighted by Crippen LogP contribution is 2.23. The van der Waals surface area contributed by atoms with Gasteiger partial charge in [0.1, 0.15) is 0 Å². The Bertz CT molecular complexity index is 414. The van der Waals surface area contributed by atoms with E-state index in [1.807, 2.05) is 25.2 Å². The molecular formula is C15H22F3N3. The van der Waals surface area contributed by atoms with Gasteiger partial charge < -0.3 is 5.32 Å². The largest absolute Gasteiger partial charge is 0.401 e. The molecule has 1 fully saturated rings. The van der Waals surface area contributed by atoms with Gasteiger partial charge in [0.05, 0.1) is 6.54 Å². The maximum absolute atomic E-state index is 12.4. The fraction of sp³-hybridized carbons (Fsp3) is 0.600. The van der Waals surface area contributed by atoms with Crippen LogP contribution in [0.3, 0.4) is 0 Å². The van der Waals surface area contributed by atoms with Crippen LogP contribution < -0.4 is 5.32 Å². The van der Waals surface area contributed by atoms with Crippen LogP contribution in [-0.2, 0) is 0 Å². The second kappa shape index (κ2) is 7.24. The molecule has 1 saturated heterocycles. The van der Waals surface area contributed by atoms with Crippen LogP contribution in [0.1, 0.15) is 11.6 Å². The minimum absolute atomic E-state index is 0.212. The van der Waals surface area contributed by atoms with E-state index in [0.29, 0.717) is 26.2 Å². The van der Waals surface area contributed by atoms with Crippen molar-refractivity contribution in [2.75, 3.05) is 46.3 Å². The molecule has 1 N–H and O–H groups in total. The summed E-state index contributed by atoms with van der Waals surface area (Å²) < 4.78 is 37.2. The second-order valence-corrected chi connectivity index (χ2v) is 5.41. The number of alkyl halides is 3. The number of piperazine rings is 1. The molecule has 1 aliphatic heterocycles. The van der Waals surface area contributed by atoms with Crippen molar-refractivity contribution in [2.24, 2.45) is 0 Å². The first-order valence-electron chi connectivity index (χ1n) is 7.22. The zero-order chi connectivity index (χ0) is 15.3. The highest BCUT2D eigenvalue weighted by atomic mass is 19.4. The van der Waals surface area contributed by atoms with E-state index < -0.39 is 12.7 Å². The van der Waals surface area contributed by atoms with Gasteiger partial charge in [-0.2, -0.15) is 13.2 Å². The van der Waals surface area contributed by atoms with Gasteiger partial charge in [0, 0.05) is 38.8 Å². The number of hydrogen-bond donors (Lipinski definition) is 1. The summed E-state index contributed by atoms with van der Waals surface area (Å²) in [5, 5.41) is 3.18. The minimum atomic E-state index is -4.11. The molecule has 118 valence electrons. The molecule has 6 heteroatoms. The van der Waals surface area contributed by atoms with Crippen molar-refractivity contribution in [3.8, 4) is 0 Å². The highest BCUT2D eigenvalue weighted by Gasteiger charge is 2.33. The molecule has 3 nitrogen and oxygen atoms in total. The van der Waals surface area contributed by atoms with E-state index in [1.54, 1.807) is 0 Å². The second-order valence-electron chi connectivity index (χ2n) is 5.41. The smallest absolute Gasteiger partial charge is 0.318 e. The average molecular weight is 301 g/mol. The summed E-state index contributed by atoms with van der Waals surface area (Å²) in [5.41, 5.74) is 1.20. The van der Waals surface area contributed by atoms with E-state index in [4.69, 9.17) is 0 Å². The normalized spacial score (nSPS) is 19.6. The van der Waals surface area contributed by atoms with Gasteiger partial charge >= 0.3 is 6.18 Å². The molecule has 2 rings (SSSR count). The van der Waals surface area contributed by atoms with Gasteiger partial charge in [0.25, 0.3) is 0 Å². The molecule has 0 amide bonds.